The number of hydrogen-bond donors (Lipinski definition) is 1. The van der Waals surface area contributed by atoms with Crippen molar-refractivity contribution in [3.8, 4) is 5.88 Å². The average Bonchev–Trinajstić information content (AvgIpc) is 3.04. The smallest absolute Gasteiger partial charge is 0.254 e. The van der Waals surface area contributed by atoms with E-state index in [1.165, 1.54) is 0 Å². The van der Waals surface area contributed by atoms with Gasteiger partial charge in [-0.25, -0.2) is 13.8 Å². The molecule has 0 bridgehead atoms. The van der Waals surface area contributed by atoms with Crippen molar-refractivity contribution < 1.29 is 18.3 Å². The Hall–Kier alpha value is -2.54. The van der Waals surface area contributed by atoms with Gasteiger partial charge < -0.3 is 10.1 Å². The molecule has 1 aromatic carbocycles. The summed E-state index contributed by atoms with van der Waals surface area (Å²) in [5.41, 5.74) is 0.779. The maximum Gasteiger partial charge on any atom is 0.254 e. The quantitative estimate of drug-likeness (QED) is 0.902. The molecular formula is C18H19F2N3O2. The van der Waals surface area contributed by atoms with Crippen molar-refractivity contribution in [1.82, 2.24) is 15.2 Å². The number of nitrogens with zero attached hydrogens (tertiary/aromatic N) is 2. The number of rotatable bonds is 5. The SMILES string of the molecule is COc1ccc(CN2CC[C@H](NC(=O)c3cc(F)ccc3F)C2)cn1. The first kappa shape index (κ1) is 17.3. The normalized spacial score (nSPS) is 17.5. The molecule has 1 fully saturated rings. The monoisotopic (exact) mass is 347 g/mol. The lowest BCUT2D eigenvalue weighted by Crippen LogP contribution is -2.37. The molecule has 0 spiro atoms. The van der Waals surface area contributed by atoms with Gasteiger partial charge in [0.15, 0.2) is 0 Å². The maximum absolute atomic E-state index is 13.7. The Morgan fingerprint density at radius 1 is 1.36 bits per heavy atom. The molecule has 0 unspecified atom stereocenters. The van der Waals surface area contributed by atoms with Crippen LogP contribution in [-0.4, -0.2) is 42.0 Å². The third-order valence-electron chi connectivity index (χ3n) is 4.19. The number of pyridine rings is 1. The molecule has 2 heterocycles. The molecule has 1 aliphatic heterocycles. The summed E-state index contributed by atoms with van der Waals surface area (Å²) in [6.07, 6.45) is 2.51. The Morgan fingerprint density at radius 2 is 2.20 bits per heavy atom. The van der Waals surface area contributed by atoms with Crippen molar-refractivity contribution in [3.05, 3.63) is 59.3 Å². The number of benzene rings is 1. The molecule has 1 saturated heterocycles. The van der Waals surface area contributed by atoms with Crippen molar-refractivity contribution in [2.24, 2.45) is 0 Å². The molecule has 1 aromatic heterocycles. The molecule has 1 amide bonds. The molecule has 1 aliphatic rings. The number of carbonyl (C=O) groups excluding carboxylic acids is 1. The van der Waals surface area contributed by atoms with Gasteiger partial charge in [0, 0.05) is 37.9 Å². The van der Waals surface area contributed by atoms with Crippen LogP contribution in [0.25, 0.3) is 0 Å². The predicted octanol–water partition coefficient (Wildman–Crippen LogP) is 2.37. The standard InChI is InChI=1S/C18H19F2N3O2/c1-25-17-5-2-12(9-21-17)10-23-7-6-14(11-23)22-18(24)15-8-13(19)3-4-16(15)20/h2-5,8-9,14H,6-7,10-11H2,1H3,(H,22,24)/t14-/m0/s1. The summed E-state index contributed by atoms with van der Waals surface area (Å²) >= 11 is 0. The van der Waals surface area contributed by atoms with Gasteiger partial charge in [-0.05, 0) is 30.2 Å². The average molecular weight is 347 g/mol. The number of aromatic nitrogens is 1. The molecule has 1 atom stereocenters. The minimum Gasteiger partial charge on any atom is -0.481 e. The van der Waals surface area contributed by atoms with Gasteiger partial charge in [-0.1, -0.05) is 6.07 Å². The first-order chi connectivity index (χ1) is 12.0. The van der Waals surface area contributed by atoms with Crippen LogP contribution in [0.2, 0.25) is 0 Å². The third-order valence-corrected chi connectivity index (χ3v) is 4.19. The number of amides is 1. The first-order valence-electron chi connectivity index (χ1n) is 8.02. The molecule has 5 nitrogen and oxygen atoms in total. The number of nitrogens with one attached hydrogen (secondary N) is 1. The molecule has 3 rings (SSSR count). The van der Waals surface area contributed by atoms with Gasteiger partial charge in [0.05, 0.1) is 12.7 Å². The van der Waals surface area contributed by atoms with E-state index in [0.717, 1.165) is 36.7 Å². The van der Waals surface area contributed by atoms with E-state index in [2.05, 4.69) is 15.2 Å². The summed E-state index contributed by atoms with van der Waals surface area (Å²) < 4.78 is 31.9. The van der Waals surface area contributed by atoms with Crippen molar-refractivity contribution in [2.75, 3.05) is 20.2 Å². The van der Waals surface area contributed by atoms with Gasteiger partial charge in [-0.3, -0.25) is 9.69 Å². The highest BCUT2D eigenvalue weighted by molar-refractivity contribution is 5.94. The van der Waals surface area contributed by atoms with E-state index >= 15 is 0 Å². The van der Waals surface area contributed by atoms with Gasteiger partial charge in [-0.15, -0.1) is 0 Å². The molecule has 7 heteroatoms. The van der Waals surface area contributed by atoms with Crippen LogP contribution < -0.4 is 10.1 Å². The fourth-order valence-electron chi connectivity index (χ4n) is 2.91. The minimum absolute atomic E-state index is 0.0959. The molecular weight excluding hydrogens is 328 g/mol. The van der Waals surface area contributed by atoms with E-state index in [9.17, 15) is 13.6 Å². The van der Waals surface area contributed by atoms with E-state index in [1.54, 1.807) is 19.4 Å². The maximum atomic E-state index is 13.7. The van der Waals surface area contributed by atoms with Crippen molar-refractivity contribution in [3.63, 3.8) is 0 Å². The Morgan fingerprint density at radius 3 is 2.92 bits per heavy atom. The van der Waals surface area contributed by atoms with Gasteiger partial charge in [0.25, 0.3) is 5.91 Å². The summed E-state index contributed by atoms with van der Waals surface area (Å²) in [6, 6.07) is 6.52. The minimum atomic E-state index is -0.724. The molecule has 1 N–H and O–H groups in total. The van der Waals surface area contributed by atoms with Crippen molar-refractivity contribution >= 4 is 5.91 Å². The molecule has 0 saturated carbocycles. The molecule has 132 valence electrons. The largest absolute Gasteiger partial charge is 0.481 e. The zero-order valence-corrected chi connectivity index (χ0v) is 13.8. The number of halogens is 2. The lowest BCUT2D eigenvalue weighted by Gasteiger charge is -2.17. The van der Waals surface area contributed by atoms with Crippen LogP contribution in [0.4, 0.5) is 8.78 Å². The second-order valence-corrected chi connectivity index (χ2v) is 6.03. The van der Waals surface area contributed by atoms with Crippen LogP contribution in [0.3, 0.4) is 0 Å². The predicted molar refractivity (Wildman–Crippen MR) is 88.3 cm³/mol. The first-order valence-corrected chi connectivity index (χ1v) is 8.02. The Kier molecular flexibility index (Phi) is 5.23. The Labute approximate surface area is 144 Å². The molecule has 2 aromatic rings. The van der Waals surface area contributed by atoms with E-state index in [1.807, 2.05) is 6.07 Å². The number of carbonyl (C=O) groups is 1. The topological polar surface area (TPSA) is 54.5 Å². The highest BCUT2D eigenvalue weighted by Crippen LogP contribution is 2.16. The number of hydrogen-bond acceptors (Lipinski definition) is 4. The van der Waals surface area contributed by atoms with E-state index in [4.69, 9.17) is 4.74 Å². The lowest BCUT2D eigenvalue weighted by atomic mass is 10.1. The summed E-state index contributed by atoms with van der Waals surface area (Å²) in [4.78, 5) is 18.5. The fraction of sp³-hybridized carbons (Fsp3) is 0.333. The van der Waals surface area contributed by atoms with Crippen LogP contribution in [0.5, 0.6) is 5.88 Å². The molecule has 0 radical (unpaired) electrons. The fourth-order valence-corrected chi connectivity index (χ4v) is 2.91. The highest BCUT2D eigenvalue weighted by atomic mass is 19.1. The lowest BCUT2D eigenvalue weighted by molar-refractivity contribution is 0.0933. The van der Waals surface area contributed by atoms with E-state index in [0.29, 0.717) is 19.0 Å². The van der Waals surface area contributed by atoms with Gasteiger partial charge >= 0.3 is 0 Å². The number of methoxy groups -OCH3 is 1. The van der Waals surface area contributed by atoms with E-state index < -0.39 is 17.5 Å². The van der Waals surface area contributed by atoms with Crippen LogP contribution in [0, 0.1) is 11.6 Å². The van der Waals surface area contributed by atoms with Gasteiger partial charge in [0.1, 0.15) is 11.6 Å². The number of ether oxygens (including phenoxy) is 1. The van der Waals surface area contributed by atoms with E-state index in [-0.39, 0.29) is 11.6 Å². The van der Waals surface area contributed by atoms with Crippen LogP contribution in [0.1, 0.15) is 22.3 Å². The van der Waals surface area contributed by atoms with Crippen molar-refractivity contribution in [2.45, 2.75) is 19.0 Å². The summed E-state index contributed by atoms with van der Waals surface area (Å²) in [7, 11) is 1.57. The summed E-state index contributed by atoms with van der Waals surface area (Å²) in [5.74, 6) is -1.38. The Bertz CT molecular complexity index is 752. The van der Waals surface area contributed by atoms with Crippen LogP contribution in [-0.2, 0) is 6.54 Å². The zero-order chi connectivity index (χ0) is 17.8. The highest BCUT2D eigenvalue weighted by Gasteiger charge is 2.25. The molecule has 0 aliphatic carbocycles. The zero-order valence-electron chi connectivity index (χ0n) is 13.8. The van der Waals surface area contributed by atoms with Crippen molar-refractivity contribution in [1.29, 1.82) is 0 Å². The van der Waals surface area contributed by atoms with Crippen LogP contribution in [0.15, 0.2) is 36.5 Å². The summed E-state index contributed by atoms with van der Waals surface area (Å²) in [5, 5.41) is 2.77. The van der Waals surface area contributed by atoms with Gasteiger partial charge in [0.2, 0.25) is 5.88 Å². The second-order valence-electron chi connectivity index (χ2n) is 6.03. The number of likely N-dealkylation sites (tertiary alicyclic amines) is 1. The van der Waals surface area contributed by atoms with Crippen LogP contribution >= 0.6 is 0 Å². The second kappa shape index (κ2) is 7.57. The van der Waals surface area contributed by atoms with Gasteiger partial charge in [-0.2, -0.15) is 0 Å². The third kappa shape index (κ3) is 4.30. The Balaban J connectivity index is 1.55. The summed E-state index contributed by atoms with van der Waals surface area (Å²) in [6.45, 7) is 2.16. The molecule has 25 heavy (non-hydrogen) atoms.